The third kappa shape index (κ3) is 9.27. The van der Waals surface area contributed by atoms with Gasteiger partial charge in [0.2, 0.25) is 11.8 Å². The quantitative estimate of drug-likeness (QED) is 0.136. The van der Waals surface area contributed by atoms with Crippen molar-refractivity contribution in [3.63, 3.8) is 0 Å². The molecule has 0 saturated heterocycles. The van der Waals surface area contributed by atoms with Gasteiger partial charge in [0.15, 0.2) is 5.75 Å². The second-order valence-corrected chi connectivity index (χ2v) is 10.7. The summed E-state index contributed by atoms with van der Waals surface area (Å²) in [5.74, 6) is 0.407. The molecule has 0 aliphatic carbocycles. The highest BCUT2D eigenvalue weighted by atomic mass is 35.5. The lowest BCUT2D eigenvalue weighted by Gasteiger charge is -2.25. The van der Waals surface area contributed by atoms with E-state index in [0.717, 1.165) is 22.3 Å². The van der Waals surface area contributed by atoms with Gasteiger partial charge in [0.05, 0.1) is 12.2 Å². The number of rotatable bonds is 13. The Balaban J connectivity index is 0.00000480. The van der Waals surface area contributed by atoms with Crippen LogP contribution in [0.1, 0.15) is 36.0 Å². The van der Waals surface area contributed by atoms with Crippen molar-refractivity contribution in [2.24, 2.45) is 5.73 Å². The SMILES string of the molecule is Cl.NCc1cccc(Oc2ccccc2N(Cc2ccc(-c3ccccc3)cc2)C(=O)CCCC(=O)NCc2ccccc2F)c1. The van der Waals surface area contributed by atoms with Crippen LogP contribution in [0, 0.1) is 5.82 Å². The second-order valence-electron chi connectivity index (χ2n) is 10.7. The Morgan fingerprint density at radius 2 is 1.43 bits per heavy atom. The van der Waals surface area contributed by atoms with Gasteiger partial charge in [-0.3, -0.25) is 9.59 Å². The van der Waals surface area contributed by atoms with Crippen molar-refractivity contribution in [1.82, 2.24) is 5.32 Å². The van der Waals surface area contributed by atoms with Crippen LogP contribution < -0.4 is 20.7 Å². The van der Waals surface area contributed by atoms with Crippen molar-refractivity contribution in [1.29, 1.82) is 0 Å². The molecule has 2 amide bonds. The average molecular weight is 638 g/mol. The number of anilines is 1. The minimum Gasteiger partial charge on any atom is -0.455 e. The lowest BCUT2D eigenvalue weighted by atomic mass is 10.0. The number of carbonyl (C=O) groups is 2. The van der Waals surface area contributed by atoms with E-state index in [0.29, 0.717) is 42.3 Å². The largest absolute Gasteiger partial charge is 0.455 e. The van der Waals surface area contributed by atoms with Gasteiger partial charge in [-0.25, -0.2) is 4.39 Å². The second kappa shape index (κ2) is 16.9. The third-order valence-corrected chi connectivity index (χ3v) is 7.45. The normalized spacial score (nSPS) is 10.5. The lowest BCUT2D eigenvalue weighted by molar-refractivity contribution is -0.121. The molecule has 0 fully saturated rings. The van der Waals surface area contributed by atoms with Gasteiger partial charge in [-0.1, -0.05) is 97.1 Å². The summed E-state index contributed by atoms with van der Waals surface area (Å²) in [7, 11) is 0. The summed E-state index contributed by atoms with van der Waals surface area (Å²) in [6, 6.07) is 39.6. The molecule has 236 valence electrons. The number of nitrogens with zero attached hydrogens (tertiary/aromatic N) is 1. The molecule has 0 atom stereocenters. The highest BCUT2D eigenvalue weighted by Crippen LogP contribution is 2.34. The first-order valence-corrected chi connectivity index (χ1v) is 15.0. The first-order valence-electron chi connectivity index (χ1n) is 15.0. The Kier molecular flexibility index (Phi) is 12.5. The predicted octanol–water partition coefficient (Wildman–Crippen LogP) is 8.19. The Bertz CT molecular complexity index is 1730. The monoisotopic (exact) mass is 637 g/mol. The molecule has 0 aromatic heterocycles. The van der Waals surface area contributed by atoms with Crippen LogP contribution >= 0.6 is 12.4 Å². The van der Waals surface area contributed by atoms with Gasteiger partial charge in [-0.15, -0.1) is 12.4 Å². The first kappa shape index (κ1) is 33.9. The number of nitrogens with one attached hydrogen (secondary N) is 1. The number of halogens is 2. The number of carbonyl (C=O) groups excluding carboxylic acids is 2. The van der Waals surface area contributed by atoms with E-state index in [2.05, 4.69) is 17.4 Å². The number of amides is 2. The fraction of sp³-hybridized carbons (Fsp3) is 0.158. The fourth-order valence-corrected chi connectivity index (χ4v) is 5.01. The van der Waals surface area contributed by atoms with E-state index in [4.69, 9.17) is 10.5 Å². The van der Waals surface area contributed by atoms with Crippen LogP contribution in [0.5, 0.6) is 11.5 Å². The summed E-state index contributed by atoms with van der Waals surface area (Å²) in [5, 5.41) is 2.75. The smallest absolute Gasteiger partial charge is 0.227 e. The molecule has 5 aromatic carbocycles. The van der Waals surface area contributed by atoms with Crippen LogP contribution in [0.4, 0.5) is 10.1 Å². The van der Waals surface area contributed by atoms with Crippen LogP contribution in [0.3, 0.4) is 0 Å². The van der Waals surface area contributed by atoms with Crippen molar-refractivity contribution in [3.8, 4) is 22.6 Å². The number of para-hydroxylation sites is 2. The van der Waals surface area contributed by atoms with Crippen molar-refractivity contribution in [3.05, 3.63) is 150 Å². The van der Waals surface area contributed by atoms with Crippen LogP contribution in [-0.4, -0.2) is 11.8 Å². The average Bonchev–Trinajstić information content (AvgIpc) is 3.08. The number of ether oxygens (including phenoxy) is 1. The van der Waals surface area contributed by atoms with Gasteiger partial charge in [-0.2, -0.15) is 0 Å². The minimum atomic E-state index is -0.365. The molecule has 0 aliphatic heterocycles. The van der Waals surface area contributed by atoms with Gasteiger partial charge in [0, 0.05) is 31.5 Å². The van der Waals surface area contributed by atoms with E-state index in [-0.39, 0.29) is 49.4 Å². The highest BCUT2D eigenvalue weighted by molar-refractivity contribution is 5.95. The Labute approximate surface area is 275 Å². The third-order valence-electron chi connectivity index (χ3n) is 7.45. The number of hydrogen-bond donors (Lipinski definition) is 2. The number of nitrogens with two attached hydrogens (primary N) is 1. The molecular weight excluding hydrogens is 601 g/mol. The van der Waals surface area contributed by atoms with Crippen LogP contribution in [-0.2, 0) is 29.2 Å². The molecule has 0 radical (unpaired) electrons. The van der Waals surface area contributed by atoms with Crippen molar-refractivity contribution < 1.29 is 18.7 Å². The number of hydrogen-bond acceptors (Lipinski definition) is 4. The highest BCUT2D eigenvalue weighted by Gasteiger charge is 2.21. The van der Waals surface area contributed by atoms with E-state index >= 15 is 0 Å². The predicted molar refractivity (Wildman–Crippen MR) is 183 cm³/mol. The van der Waals surface area contributed by atoms with Gasteiger partial charge < -0.3 is 20.7 Å². The summed E-state index contributed by atoms with van der Waals surface area (Å²) >= 11 is 0. The first-order chi connectivity index (χ1) is 22.0. The van der Waals surface area contributed by atoms with E-state index < -0.39 is 0 Å². The summed E-state index contributed by atoms with van der Waals surface area (Å²) in [4.78, 5) is 28.0. The fourth-order valence-electron chi connectivity index (χ4n) is 5.01. The van der Waals surface area contributed by atoms with Gasteiger partial charge >= 0.3 is 0 Å². The molecule has 0 aliphatic rings. The Hall–Kier alpha value is -4.98. The van der Waals surface area contributed by atoms with E-state index in [1.165, 1.54) is 6.07 Å². The number of benzene rings is 5. The van der Waals surface area contributed by atoms with Crippen molar-refractivity contribution >= 4 is 29.9 Å². The Morgan fingerprint density at radius 1 is 0.739 bits per heavy atom. The molecule has 0 saturated carbocycles. The van der Waals surface area contributed by atoms with Crippen LogP contribution in [0.25, 0.3) is 11.1 Å². The zero-order chi connectivity index (χ0) is 31.4. The standard InChI is InChI=1S/C38H36FN3O3.ClH/c39-34-15-5-4-13-32(34)26-41-37(43)18-9-19-38(44)42(27-28-20-22-31(23-21-28)30-11-2-1-3-12-30)35-16-6-7-17-36(35)45-33-14-8-10-29(24-33)25-40;/h1-8,10-17,20-24H,9,18-19,25-27,40H2,(H,41,43);1H. The molecule has 46 heavy (non-hydrogen) atoms. The van der Waals surface area contributed by atoms with Gasteiger partial charge in [0.1, 0.15) is 11.6 Å². The van der Waals surface area contributed by atoms with Crippen LogP contribution in [0.2, 0.25) is 0 Å². The summed E-state index contributed by atoms with van der Waals surface area (Å²) in [6.45, 7) is 0.799. The minimum absolute atomic E-state index is 0. The molecule has 8 heteroatoms. The molecule has 5 aromatic rings. The molecule has 0 spiro atoms. The molecule has 0 bridgehead atoms. The maximum Gasteiger partial charge on any atom is 0.227 e. The molecule has 0 unspecified atom stereocenters. The maximum absolute atomic E-state index is 13.9. The molecule has 6 nitrogen and oxygen atoms in total. The molecule has 3 N–H and O–H groups in total. The Morgan fingerprint density at radius 3 is 2.20 bits per heavy atom. The molecule has 5 rings (SSSR count). The zero-order valence-electron chi connectivity index (χ0n) is 25.4. The van der Waals surface area contributed by atoms with E-state index in [1.807, 2.05) is 91.0 Å². The van der Waals surface area contributed by atoms with Gasteiger partial charge in [-0.05, 0) is 59.0 Å². The van der Waals surface area contributed by atoms with Crippen molar-refractivity contribution in [2.45, 2.75) is 38.9 Å². The molecule has 0 heterocycles. The lowest BCUT2D eigenvalue weighted by Crippen LogP contribution is -2.31. The van der Waals surface area contributed by atoms with Crippen LogP contribution in [0.15, 0.2) is 127 Å². The van der Waals surface area contributed by atoms with Crippen molar-refractivity contribution in [2.75, 3.05) is 4.90 Å². The van der Waals surface area contributed by atoms with Gasteiger partial charge in [0.25, 0.3) is 0 Å². The summed E-state index contributed by atoms with van der Waals surface area (Å²) in [6.07, 6.45) is 0.628. The topological polar surface area (TPSA) is 84.7 Å². The maximum atomic E-state index is 13.9. The van der Waals surface area contributed by atoms with E-state index in [1.54, 1.807) is 23.1 Å². The summed E-state index contributed by atoms with van der Waals surface area (Å²) < 4.78 is 20.2. The molecular formula is C38H37ClFN3O3. The van der Waals surface area contributed by atoms with E-state index in [9.17, 15) is 14.0 Å². The zero-order valence-corrected chi connectivity index (χ0v) is 26.2. The summed E-state index contributed by atoms with van der Waals surface area (Å²) in [5.41, 5.74) is 11.0.